The van der Waals surface area contributed by atoms with Crippen molar-refractivity contribution in [3.05, 3.63) is 64.7 Å². The van der Waals surface area contributed by atoms with Gasteiger partial charge in [0.05, 0.1) is 12.0 Å². The predicted molar refractivity (Wildman–Crippen MR) is 85.9 cm³/mol. The summed E-state index contributed by atoms with van der Waals surface area (Å²) in [6.45, 7) is 6.87. The van der Waals surface area contributed by atoms with E-state index < -0.39 is 0 Å². The molecule has 0 aliphatic heterocycles. The van der Waals surface area contributed by atoms with Gasteiger partial charge in [0.2, 0.25) is 0 Å². The number of hydrogen-bond donors (Lipinski definition) is 0. The summed E-state index contributed by atoms with van der Waals surface area (Å²) < 4.78 is 5.72. The maximum atomic E-state index is 6.75. The molecule has 106 valence electrons. The Labute approximate surface area is 126 Å². The van der Waals surface area contributed by atoms with Gasteiger partial charge in [-0.3, -0.25) is 0 Å². The topological polar surface area (TPSA) is 9.23 Å². The van der Waals surface area contributed by atoms with Crippen LogP contribution in [0.3, 0.4) is 0 Å². The number of aryl methyl sites for hydroxylation is 2. The Hall–Kier alpha value is -1.47. The van der Waals surface area contributed by atoms with E-state index >= 15 is 0 Å². The molecule has 0 saturated heterocycles. The number of alkyl halides is 1. The molecule has 0 bridgehead atoms. The van der Waals surface area contributed by atoms with Crippen LogP contribution in [0.25, 0.3) is 0 Å². The maximum absolute atomic E-state index is 6.75. The monoisotopic (exact) mass is 288 g/mol. The van der Waals surface area contributed by atoms with Crippen molar-refractivity contribution in [1.29, 1.82) is 0 Å². The van der Waals surface area contributed by atoms with Crippen molar-refractivity contribution in [2.24, 2.45) is 0 Å². The molecule has 2 aromatic carbocycles. The molecule has 0 amide bonds. The molecule has 2 heteroatoms. The van der Waals surface area contributed by atoms with E-state index in [0.717, 1.165) is 17.7 Å². The Morgan fingerprint density at radius 3 is 2.50 bits per heavy atom. The lowest BCUT2D eigenvalue weighted by Gasteiger charge is -2.18. The molecular formula is C18H21ClO. The van der Waals surface area contributed by atoms with Crippen LogP contribution < -0.4 is 4.74 Å². The average Bonchev–Trinajstić information content (AvgIpc) is 2.48. The van der Waals surface area contributed by atoms with Crippen molar-refractivity contribution in [2.45, 2.75) is 32.6 Å². The van der Waals surface area contributed by atoms with Crippen LogP contribution in [-0.2, 0) is 6.42 Å². The fraction of sp³-hybridized carbons (Fsp3) is 0.333. The largest absolute Gasteiger partial charge is 0.494 e. The molecule has 0 fully saturated rings. The van der Waals surface area contributed by atoms with Crippen molar-refractivity contribution < 1.29 is 4.74 Å². The first kappa shape index (κ1) is 14.9. The summed E-state index contributed by atoms with van der Waals surface area (Å²) in [5, 5.41) is -0.174. The highest BCUT2D eigenvalue weighted by Gasteiger charge is 2.18. The average molecular weight is 289 g/mol. The zero-order chi connectivity index (χ0) is 14.5. The lowest BCUT2D eigenvalue weighted by molar-refractivity contribution is 0.336. The van der Waals surface area contributed by atoms with Gasteiger partial charge in [-0.2, -0.15) is 0 Å². The molecule has 2 rings (SSSR count). The number of ether oxygens (including phenoxy) is 1. The molecule has 0 radical (unpaired) electrons. The van der Waals surface area contributed by atoms with Crippen molar-refractivity contribution in [3.8, 4) is 5.75 Å². The molecule has 0 saturated carbocycles. The van der Waals surface area contributed by atoms with E-state index in [0.29, 0.717) is 6.61 Å². The molecule has 20 heavy (non-hydrogen) atoms. The molecule has 1 nitrogen and oxygen atoms in total. The fourth-order valence-corrected chi connectivity index (χ4v) is 2.81. The molecule has 2 aromatic rings. The van der Waals surface area contributed by atoms with E-state index in [-0.39, 0.29) is 5.38 Å². The molecular weight excluding hydrogens is 268 g/mol. The third kappa shape index (κ3) is 3.16. The molecule has 0 aliphatic rings. The molecule has 0 aliphatic carbocycles. The Morgan fingerprint density at radius 1 is 1.05 bits per heavy atom. The molecule has 0 heterocycles. The highest BCUT2D eigenvalue weighted by Crippen LogP contribution is 2.37. The summed E-state index contributed by atoms with van der Waals surface area (Å²) in [5.41, 5.74) is 4.71. The van der Waals surface area contributed by atoms with Gasteiger partial charge in [-0.1, -0.05) is 48.9 Å². The van der Waals surface area contributed by atoms with Gasteiger partial charge < -0.3 is 4.74 Å². The second-order valence-electron chi connectivity index (χ2n) is 4.89. The first-order valence-corrected chi connectivity index (χ1v) is 7.56. The lowest BCUT2D eigenvalue weighted by atomic mass is 9.96. The summed E-state index contributed by atoms with van der Waals surface area (Å²) in [6.07, 6.45) is 0.981. The Balaban J connectivity index is 2.46. The first-order chi connectivity index (χ1) is 9.67. The Bertz CT molecular complexity index is 577. The van der Waals surface area contributed by atoms with Gasteiger partial charge in [-0.25, -0.2) is 0 Å². The normalized spacial score (nSPS) is 12.2. The third-order valence-corrected chi connectivity index (χ3v) is 3.92. The van der Waals surface area contributed by atoms with Gasteiger partial charge in [0.1, 0.15) is 5.75 Å². The van der Waals surface area contributed by atoms with E-state index in [1.54, 1.807) is 0 Å². The van der Waals surface area contributed by atoms with E-state index in [9.17, 15) is 0 Å². The summed E-state index contributed by atoms with van der Waals surface area (Å²) in [7, 11) is 0. The van der Waals surface area contributed by atoms with Gasteiger partial charge >= 0.3 is 0 Å². The smallest absolute Gasteiger partial charge is 0.124 e. The van der Waals surface area contributed by atoms with Crippen LogP contribution in [0, 0.1) is 6.92 Å². The Kier molecular flexibility index (Phi) is 5.08. The quantitative estimate of drug-likeness (QED) is 0.680. The summed E-state index contributed by atoms with van der Waals surface area (Å²) in [6, 6.07) is 14.5. The van der Waals surface area contributed by atoms with E-state index in [4.69, 9.17) is 16.3 Å². The number of rotatable bonds is 5. The highest BCUT2D eigenvalue weighted by atomic mass is 35.5. The van der Waals surface area contributed by atoms with Crippen molar-refractivity contribution in [2.75, 3.05) is 6.61 Å². The highest BCUT2D eigenvalue weighted by molar-refractivity contribution is 6.23. The lowest BCUT2D eigenvalue weighted by Crippen LogP contribution is -2.03. The minimum atomic E-state index is -0.174. The predicted octanol–water partition coefficient (Wildman–Crippen LogP) is 5.28. The number of benzene rings is 2. The molecule has 0 spiro atoms. The summed E-state index contributed by atoms with van der Waals surface area (Å²) >= 11 is 6.75. The summed E-state index contributed by atoms with van der Waals surface area (Å²) in [5.74, 6) is 0.879. The van der Waals surface area contributed by atoms with Crippen LogP contribution in [-0.4, -0.2) is 6.61 Å². The zero-order valence-electron chi connectivity index (χ0n) is 12.3. The molecule has 0 aromatic heterocycles. The second kappa shape index (κ2) is 6.81. The van der Waals surface area contributed by atoms with E-state index in [1.807, 2.05) is 19.1 Å². The molecule has 0 N–H and O–H groups in total. The van der Waals surface area contributed by atoms with Crippen LogP contribution in [0.15, 0.2) is 42.5 Å². The van der Waals surface area contributed by atoms with Crippen LogP contribution in [0.4, 0.5) is 0 Å². The second-order valence-corrected chi connectivity index (χ2v) is 5.33. The van der Waals surface area contributed by atoms with Crippen LogP contribution in [0.1, 0.15) is 41.5 Å². The SMILES string of the molecule is CCOc1ccc(C)cc1C(Cl)c1ccccc1CC. The minimum Gasteiger partial charge on any atom is -0.494 e. The summed E-state index contributed by atoms with van der Waals surface area (Å²) in [4.78, 5) is 0. The van der Waals surface area contributed by atoms with Crippen molar-refractivity contribution in [1.82, 2.24) is 0 Å². The van der Waals surface area contributed by atoms with Gasteiger partial charge in [-0.15, -0.1) is 11.6 Å². The first-order valence-electron chi connectivity index (χ1n) is 7.12. The van der Waals surface area contributed by atoms with Crippen molar-refractivity contribution >= 4 is 11.6 Å². The maximum Gasteiger partial charge on any atom is 0.124 e. The molecule has 1 unspecified atom stereocenters. The van der Waals surface area contributed by atoms with Crippen LogP contribution in [0.2, 0.25) is 0 Å². The van der Waals surface area contributed by atoms with Gasteiger partial charge in [0.25, 0.3) is 0 Å². The van der Waals surface area contributed by atoms with E-state index in [2.05, 4.69) is 44.2 Å². The molecule has 1 atom stereocenters. The number of halogens is 1. The van der Waals surface area contributed by atoms with Gasteiger partial charge in [0, 0.05) is 5.56 Å². The van der Waals surface area contributed by atoms with Crippen molar-refractivity contribution in [3.63, 3.8) is 0 Å². The third-order valence-electron chi connectivity index (χ3n) is 3.45. The fourth-order valence-electron chi connectivity index (χ4n) is 2.42. The zero-order valence-corrected chi connectivity index (χ0v) is 13.1. The minimum absolute atomic E-state index is 0.174. The van der Waals surface area contributed by atoms with Crippen LogP contribution >= 0.6 is 11.6 Å². The Morgan fingerprint density at radius 2 is 1.80 bits per heavy atom. The van der Waals surface area contributed by atoms with Crippen LogP contribution in [0.5, 0.6) is 5.75 Å². The number of hydrogen-bond acceptors (Lipinski definition) is 1. The van der Waals surface area contributed by atoms with Gasteiger partial charge in [-0.05, 0) is 37.5 Å². The standard InChI is InChI=1S/C18H21ClO/c1-4-14-8-6-7-9-15(14)18(19)16-12-13(3)10-11-17(16)20-5-2/h6-12,18H,4-5H2,1-3H3. The van der Waals surface area contributed by atoms with E-state index in [1.165, 1.54) is 16.7 Å². The van der Waals surface area contributed by atoms with Gasteiger partial charge in [0.15, 0.2) is 0 Å².